The third-order valence-corrected chi connectivity index (χ3v) is 11.1. The van der Waals surface area contributed by atoms with Crippen molar-refractivity contribution in [3.63, 3.8) is 0 Å². The normalized spacial score (nSPS) is 11.5. The van der Waals surface area contributed by atoms with Crippen LogP contribution in [0, 0.1) is 5.92 Å². The van der Waals surface area contributed by atoms with Crippen LogP contribution in [0.1, 0.15) is 280 Å². The van der Waals surface area contributed by atoms with Crippen LogP contribution in [0.4, 0.5) is 0 Å². The highest BCUT2D eigenvalue weighted by atomic mass is 15.1. The minimum absolute atomic E-state index is 0.195. The van der Waals surface area contributed by atoms with Crippen molar-refractivity contribution in [1.29, 1.82) is 0 Å². The zero-order chi connectivity index (χ0) is 43.2. The van der Waals surface area contributed by atoms with Crippen LogP contribution in [0.2, 0.25) is 0 Å². The highest BCUT2D eigenvalue weighted by Gasteiger charge is 2.07. The van der Waals surface area contributed by atoms with Gasteiger partial charge in [-0.15, -0.1) is 26.3 Å². The maximum Gasteiger partial charge on any atom is 0.0248 e. The lowest BCUT2D eigenvalue weighted by atomic mass is 9.96. The fourth-order valence-electron chi connectivity index (χ4n) is 7.06. The Kier molecular flexibility index (Phi) is 72.7. The van der Waals surface area contributed by atoms with Crippen LogP contribution in [0.15, 0.2) is 38.5 Å². The van der Waals surface area contributed by atoms with Crippen molar-refractivity contribution in [2.75, 3.05) is 19.6 Å². The van der Waals surface area contributed by atoms with Crippen LogP contribution in [-0.4, -0.2) is 30.6 Å². The lowest BCUT2D eigenvalue weighted by Gasteiger charge is -2.23. The summed E-state index contributed by atoms with van der Waals surface area (Å²) in [6, 6.07) is 0.195. The van der Waals surface area contributed by atoms with Crippen molar-refractivity contribution in [2.24, 2.45) is 11.7 Å². The molecule has 0 aliphatic rings. The van der Waals surface area contributed by atoms with Gasteiger partial charge < -0.3 is 10.6 Å². The number of unbranched alkanes of at least 4 members (excludes halogenated alkanes) is 26. The Balaban J connectivity index is -0.000000245. The van der Waals surface area contributed by atoms with E-state index >= 15 is 0 Å². The maximum atomic E-state index is 6.10. The van der Waals surface area contributed by atoms with E-state index in [1.165, 1.54) is 238 Å². The molecule has 0 bridgehead atoms. The largest absolute Gasteiger partial charge is 0.324 e. The van der Waals surface area contributed by atoms with Crippen LogP contribution < -0.4 is 5.73 Å². The Morgan fingerprint density at radius 2 is 0.589 bits per heavy atom. The van der Waals surface area contributed by atoms with Gasteiger partial charge in [-0.3, -0.25) is 0 Å². The van der Waals surface area contributed by atoms with Crippen LogP contribution in [0.3, 0.4) is 0 Å². The van der Waals surface area contributed by atoms with E-state index in [2.05, 4.69) is 86.3 Å². The molecule has 0 heterocycles. The standard InChI is InChI=1S/C24H50N2.C16H34.C10H22.2C2H4/c1-5-7-9-11-13-16-20-26(21-17-14-12-10-8-6-2)22-18-15-19-24(25)23(3)4;1-4-6-8-10-11-13-15-16(3)14-12-9-7-5-2;1-3-5-7-9-10-8-6-4-2;2*1-2/h24H,3,5-22,25H2,1-2,4H3;16H,4-15H2,1-3H3;3-10H2,1-2H3;2*1-2H2. The maximum absolute atomic E-state index is 6.10. The van der Waals surface area contributed by atoms with Gasteiger partial charge in [-0.1, -0.05) is 260 Å². The van der Waals surface area contributed by atoms with Crippen molar-refractivity contribution in [3.8, 4) is 0 Å². The van der Waals surface area contributed by atoms with Gasteiger partial charge in [-0.05, 0) is 58.2 Å². The summed E-state index contributed by atoms with van der Waals surface area (Å²) < 4.78 is 0. The molecule has 2 N–H and O–H groups in total. The molecular formula is C54H114N2. The summed E-state index contributed by atoms with van der Waals surface area (Å²) in [6.45, 7) is 38.0. The van der Waals surface area contributed by atoms with Crippen LogP contribution >= 0.6 is 0 Å². The zero-order valence-corrected chi connectivity index (χ0v) is 41.1. The van der Waals surface area contributed by atoms with Gasteiger partial charge in [0, 0.05) is 6.04 Å². The summed E-state index contributed by atoms with van der Waals surface area (Å²) in [7, 11) is 0. The molecule has 2 heteroatoms. The lowest BCUT2D eigenvalue weighted by molar-refractivity contribution is 0.254. The van der Waals surface area contributed by atoms with Crippen molar-refractivity contribution in [3.05, 3.63) is 38.5 Å². The van der Waals surface area contributed by atoms with Gasteiger partial charge in [0.1, 0.15) is 0 Å². The van der Waals surface area contributed by atoms with E-state index in [9.17, 15) is 0 Å². The fourth-order valence-corrected chi connectivity index (χ4v) is 7.06. The SMILES string of the molecule is C=C.C=C.C=C(C)C(N)CCCCN(CCCCCCCC)CCCCCCCC.CCCCCCCCC(C)CCCCCC.CCCCCCCCCC. The van der Waals surface area contributed by atoms with E-state index < -0.39 is 0 Å². The highest BCUT2D eigenvalue weighted by molar-refractivity contribution is 4.99. The van der Waals surface area contributed by atoms with E-state index in [-0.39, 0.29) is 6.04 Å². The molecule has 2 atom stereocenters. The topological polar surface area (TPSA) is 29.3 Å². The van der Waals surface area contributed by atoms with Gasteiger partial charge in [0.15, 0.2) is 0 Å². The Labute approximate surface area is 359 Å². The second-order valence-corrected chi connectivity index (χ2v) is 17.0. The van der Waals surface area contributed by atoms with Gasteiger partial charge in [0.05, 0.1) is 0 Å². The summed E-state index contributed by atoms with van der Waals surface area (Å²) in [6.07, 6.45) is 49.2. The summed E-state index contributed by atoms with van der Waals surface area (Å²) in [5.74, 6) is 0.975. The molecule has 0 aromatic rings. The Morgan fingerprint density at radius 3 is 0.875 bits per heavy atom. The smallest absolute Gasteiger partial charge is 0.0248 e. The monoisotopic (exact) mass is 791 g/mol. The molecule has 0 aliphatic heterocycles. The lowest BCUT2D eigenvalue weighted by Crippen LogP contribution is -2.28. The third-order valence-electron chi connectivity index (χ3n) is 11.1. The molecule has 56 heavy (non-hydrogen) atoms. The summed E-state index contributed by atoms with van der Waals surface area (Å²) in [4.78, 5) is 2.73. The van der Waals surface area contributed by atoms with Gasteiger partial charge in [0.25, 0.3) is 0 Å². The van der Waals surface area contributed by atoms with Gasteiger partial charge in [0.2, 0.25) is 0 Å². The number of nitrogens with zero attached hydrogens (tertiary/aromatic N) is 1. The second kappa shape index (κ2) is 63.3. The number of hydrogen-bond acceptors (Lipinski definition) is 2. The van der Waals surface area contributed by atoms with Crippen LogP contribution in [0.5, 0.6) is 0 Å². The molecule has 0 radical (unpaired) electrons. The first-order chi connectivity index (χ1) is 27.3. The van der Waals surface area contributed by atoms with Crippen molar-refractivity contribution in [2.45, 2.75) is 286 Å². The van der Waals surface area contributed by atoms with Gasteiger partial charge in [-0.2, -0.15) is 0 Å². The van der Waals surface area contributed by atoms with Crippen LogP contribution in [-0.2, 0) is 0 Å². The Bertz CT molecular complexity index is 618. The van der Waals surface area contributed by atoms with Gasteiger partial charge >= 0.3 is 0 Å². The molecule has 2 unspecified atom stereocenters. The number of rotatable bonds is 39. The average Bonchev–Trinajstić information content (AvgIpc) is 3.22. The molecule has 2 nitrogen and oxygen atoms in total. The molecule has 0 saturated carbocycles. The first kappa shape index (κ1) is 64.3. The first-order valence-electron chi connectivity index (χ1n) is 25.5. The van der Waals surface area contributed by atoms with E-state index in [4.69, 9.17) is 5.73 Å². The molecule has 0 saturated heterocycles. The molecule has 0 aromatic heterocycles. The van der Waals surface area contributed by atoms with Gasteiger partial charge in [-0.25, -0.2) is 0 Å². The fraction of sp³-hybridized carbons (Fsp3) is 0.889. The Morgan fingerprint density at radius 1 is 0.375 bits per heavy atom. The number of hydrogen-bond donors (Lipinski definition) is 1. The highest BCUT2D eigenvalue weighted by Crippen LogP contribution is 2.18. The van der Waals surface area contributed by atoms with E-state index in [1.807, 2.05) is 6.92 Å². The van der Waals surface area contributed by atoms with Crippen LogP contribution in [0.25, 0.3) is 0 Å². The van der Waals surface area contributed by atoms with Crippen molar-refractivity contribution < 1.29 is 0 Å². The van der Waals surface area contributed by atoms with E-state index in [0.29, 0.717) is 0 Å². The van der Waals surface area contributed by atoms with Crippen molar-refractivity contribution >= 4 is 0 Å². The molecule has 0 aromatic carbocycles. The summed E-state index contributed by atoms with van der Waals surface area (Å²) >= 11 is 0. The summed E-state index contributed by atoms with van der Waals surface area (Å²) in [5.41, 5.74) is 7.22. The third kappa shape index (κ3) is 65.0. The zero-order valence-electron chi connectivity index (χ0n) is 41.1. The van der Waals surface area contributed by atoms with E-state index in [0.717, 1.165) is 17.9 Å². The number of nitrogens with two attached hydrogens (primary N) is 1. The molecule has 0 fully saturated rings. The molecule has 0 spiro atoms. The molecule has 0 rings (SSSR count). The summed E-state index contributed by atoms with van der Waals surface area (Å²) in [5, 5.41) is 0. The van der Waals surface area contributed by atoms with Crippen molar-refractivity contribution in [1.82, 2.24) is 4.90 Å². The Hall–Kier alpha value is -0.860. The quantitative estimate of drug-likeness (QED) is 0.0496. The molecule has 0 aliphatic carbocycles. The second-order valence-electron chi connectivity index (χ2n) is 17.0. The molecular weight excluding hydrogens is 677 g/mol. The molecule has 340 valence electrons. The molecule has 0 amide bonds. The minimum atomic E-state index is 0.195. The first-order valence-corrected chi connectivity index (χ1v) is 25.5. The predicted octanol–water partition coefficient (Wildman–Crippen LogP) is 19.2. The predicted molar refractivity (Wildman–Crippen MR) is 267 cm³/mol. The van der Waals surface area contributed by atoms with E-state index in [1.54, 1.807) is 0 Å². The average molecular weight is 792 g/mol. The minimum Gasteiger partial charge on any atom is -0.324 e.